The van der Waals surface area contributed by atoms with Crippen LogP contribution in [0.5, 0.6) is 5.75 Å². The summed E-state index contributed by atoms with van der Waals surface area (Å²) in [6, 6.07) is 11.4. The Balaban J connectivity index is 1.63. The van der Waals surface area contributed by atoms with Gasteiger partial charge >= 0.3 is 0 Å². The third kappa shape index (κ3) is 4.77. The van der Waals surface area contributed by atoms with Crippen LogP contribution in [-0.2, 0) is 16.6 Å². The van der Waals surface area contributed by atoms with E-state index in [9.17, 15) is 12.8 Å². The second-order valence-electron chi connectivity index (χ2n) is 6.58. The van der Waals surface area contributed by atoms with Crippen LogP contribution < -0.4 is 14.4 Å². The van der Waals surface area contributed by atoms with E-state index >= 15 is 0 Å². The van der Waals surface area contributed by atoms with E-state index in [4.69, 9.17) is 4.74 Å². The Morgan fingerprint density at radius 1 is 1.07 bits per heavy atom. The van der Waals surface area contributed by atoms with Gasteiger partial charge in [0.2, 0.25) is 10.0 Å². The van der Waals surface area contributed by atoms with Gasteiger partial charge in [0.25, 0.3) is 0 Å². The quantitative estimate of drug-likeness (QED) is 0.814. The number of likely N-dealkylation sites (N-methyl/N-ethyl adjacent to an activating group) is 1. The van der Waals surface area contributed by atoms with E-state index < -0.39 is 15.8 Å². The highest BCUT2D eigenvalue weighted by atomic mass is 32.2. The van der Waals surface area contributed by atoms with Crippen molar-refractivity contribution >= 4 is 15.7 Å². The number of anilines is 1. The maximum Gasteiger partial charge on any atom is 0.240 e. The number of nitrogens with one attached hydrogen (secondary N) is 1. The number of piperazine rings is 1. The van der Waals surface area contributed by atoms with Gasteiger partial charge in [0.1, 0.15) is 0 Å². The van der Waals surface area contributed by atoms with Crippen LogP contribution in [0.2, 0.25) is 0 Å². The third-order valence-electron chi connectivity index (χ3n) is 4.70. The number of sulfonamides is 1. The van der Waals surface area contributed by atoms with Crippen LogP contribution in [0.15, 0.2) is 47.4 Å². The van der Waals surface area contributed by atoms with Crippen LogP contribution in [-0.4, -0.2) is 53.7 Å². The highest BCUT2D eigenvalue weighted by Gasteiger charge is 2.17. The molecule has 0 amide bonds. The Labute approximate surface area is 159 Å². The van der Waals surface area contributed by atoms with Gasteiger partial charge in [0, 0.05) is 38.4 Å². The van der Waals surface area contributed by atoms with Crippen LogP contribution >= 0.6 is 0 Å². The fourth-order valence-corrected chi connectivity index (χ4v) is 3.99. The molecule has 2 aromatic rings. The van der Waals surface area contributed by atoms with Gasteiger partial charge in [-0.25, -0.2) is 17.5 Å². The Hall–Kier alpha value is -2.16. The number of benzene rings is 2. The molecule has 0 saturated carbocycles. The van der Waals surface area contributed by atoms with Gasteiger partial charge in [-0.15, -0.1) is 0 Å². The molecule has 27 heavy (non-hydrogen) atoms. The summed E-state index contributed by atoms with van der Waals surface area (Å²) in [4.78, 5) is 4.48. The average Bonchev–Trinajstić information content (AvgIpc) is 2.67. The molecule has 6 nitrogen and oxygen atoms in total. The normalized spacial score (nSPS) is 15.7. The van der Waals surface area contributed by atoms with E-state index in [0.29, 0.717) is 0 Å². The summed E-state index contributed by atoms with van der Waals surface area (Å²) < 4.78 is 45.8. The molecule has 0 atom stereocenters. The monoisotopic (exact) mass is 393 g/mol. The lowest BCUT2D eigenvalue weighted by atomic mass is 10.2. The van der Waals surface area contributed by atoms with E-state index in [-0.39, 0.29) is 17.2 Å². The third-order valence-corrected chi connectivity index (χ3v) is 6.10. The zero-order chi connectivity index (χ0) is 19.4. The van der Waals surface area contributed by atoms with Gasteiger partial charge in [-0.05, 0) is 42.9 Å². The summed E-state index contributed by atoms with van der Waals surface area (Å²) in [5.41, 5.74) is 1.97. The van der Waals surface area contributed by atoms with Crippen LogP contribution in [0.25, 0.3) is 0 Å². The van der Waals surface area contributed by atoms with Crippen molar-refractivity contribution in [2.24, 2.45) is 0 Å². The van der Waals surface area contributed by atoms with Gasteiger partial charge in [-0.2, -0.15) is 0 Å². The van der Waals surface area contributed by atoms with E-state index in [1.165, 1.54) is 19.2 Å². The Kier molecular flexibility index (Phi) is 5.98. The highest BCUT2D eigenvalue weighted by Crippen LogP contribution is 2.21. The molecular weight excluding hydrogens is 369 g/mol. The smallest absolute Gasteiger partial charge is 0.240 e. The topological polar surface area (TPSA) is 61.9 Å². The number of methoxy groups -OCH3 is 1. The number of nitrogens with zero attached hydrogens (tertiary/aromatic N) is 2. The summed E-state index contributed by atoms with van der Waals surface area (Å²) in [5.74, 6) is -0.703. The minimum Gasteiger partial charge on any atom is -0.494 e. The zero-order valence-corrected chi connectivity index (χ0v) is 16.3. The van der Waals surface area contributed by atoms with E-state index in [0.717, 1.165) is 43.5 Å². The molecule has 0 aromatic heterocycles. The van der Waals surface area contributed by atoms with Crippen molar-refractivity contribution in [3.63, 3.8) is 0 Å². The summed E-state index contributed by atoms with van der Waals surface area (Å²) in [6.07, 6.45) is 0. The minimum atomic E-state index is -3.80. The molecule has 146 valence electrons. The molecule has 0 unspecified atom stereocenters. The minimum absolute atomic E-state index is 0.00782. The Morgan fingerprint density at radius 2 is 1.74 bits per heavy atom. The number of halogens is 1. The second-order valence-corrected chi connectivity index (χ2v) is 8.34. The van der Waals surface area contributed by atoms with Crippen LogP contribution in [0.1, 0.15) is 5.56 Å². The fraction of sp³-hybridized carbons (Fsp3) is 0.368. The molecule has 0 aliphatic carbocycles. The molecule has 0 spiro atoms. The molecule has 1 fully saturated rings. The first-order chi connectivity index (χ1) is 12.9. The molecule has 0 radical (unpaired) electrons. The molecule has 0 bridgehead atoms. The largest absolute Gasteiger partial charge is 0.494 e. The first-order valence-electron chi connectivity index (χ1n) is 8.75. The molecular formula is C19H24FN3O3S. The number of hydrogen-bond acceptors (Lipinski definition) is 5. The molecule has 1 N–H and O–H groups in total. The van der Waals surface area contributed by atoms with Gasteiger partial charge < -0.3 is 14.5 Å². The maximum absolute atomic E-state index is 13.8. The predicted octanol–water partition coefficient (Wildman–Crippen LogP) is 2.06. The highest BCUT2D eigenvalue weighted by molar-refractivity contribution is 7.89. The fourth-order valence-electron chi connectivity index (χ4n) is 2.97. The van der Waals surface area contributed by atoms with Gasteiger partial charge in [0.05, 0.1) is 12.0 Å². The van der Waals surface area contributed by atoms with Crippen molar-refractivity contribution in [2.45, 2.75) is 11.4 Å². The molecule has 1 aliphatic rings. The predicted molar refractivity (Wildman–Crippen MR) is 103 cm³/mol. The summed E-state index contributed by atoms with van der Waals surface area (Å²) in [7, 11) is -0.362. The molecule has 1 saturated heterocycles. The van der Waals surface area contributed by atoms with Crippen molar-refractivity contribution in [1.82, 2.24) is 9.62 Å². The average molecular weight is 393 g/mol. The summed E-state index contributed by atoms with van der Waals surface area (Å²) >= 11 is 0. The standard InChI is InChI=1S/C19H24FN3O3S/c1-22-9-11-23(12-10-22)16-5-3-15(4-6-16)14-21-27(24,25)17-7-8-19(26-2)18(20)13-17/h3-8,13,21H,9-12,14H2,1-2H3. The lowest BCUT2D eigenvalue weighted by Gasteiger charge is -2.34. The van der Waals surface area contributed by atoms with Crippen LogP contribution in [0.4, 0.5) is 10.1 Å². The van der Waals surface area contributed by atoms with Crippen molar-refractivity contribution in [3.05, 3.63) is 53.8 Å². The summed E-state index contributed by atoms with van der Waals surface area (Å²) in [6.45, 7) is 4.15. The number of hydrogen-bond donors (Lipinski definition) is 1. The maximum atomic E-state index is 13.8. The molecule has 8 heteroatoms. The van der Waals surface area contributed by atoms with Crippen molar-refractivity contribution in [3.8, 4) is 5.75 Å². The number of rotatable bonds is 6. The molecule has 3 rings (SSSR count). The van der Waals surface area contributed by atoms with Crippen molar-refractivity contribution in [1.29, 1.82) is 0 Å². The SMILES string of the molecule is COc1ccc(S(=O)(=O)NCc2ccc(N3CCN(C)CC3)cc2)cc1F. The van der Waals surface area contributed by atoms with E-state index in [2.05, 4.69) is 21.6 Å². The van der Waals surface area contributed by atoms with E-state index in [1.807, 2.05) is 24.3 Å². The first kappa shape index (κ1) is 19.6. The van der Waals surface area contributed by atoms with Gasteiger partial charge in [-0.1, -0.05) is 12.1 Å². The first-order valence-corrected chi connectivity index (χ1v) is 10.2. The summed E-state index contributed by atoms with van der Waals surface area (Å²) in [5, 5.41) is 0. The van der Waals surface area contributed by atoms with Gasteiger partial charge in [0.15, 0.2) is 11.6 Å². The zero-order valence-electron chi connectivity index (χ0n) is 15.5. The lowest BCUT2D eigenvalue weighted by molar-refractivity contribution is 0.313. The molecule has 1 heterocycles. The van der Waals surface area contributed by atoms with Crippen LogP contribution in [0.3, 0.4) is 0 Å². The van der Waals surface area contributed by atoms with Crippen molar-refractivity contribution < 1.29 is 17.5 Å². The Morgan fingerprint density at radius 3 is 2.33 bits per heavy atom. The second kappa shape index (κ2) is 8.24. The Bertz CT molecular complexity index is 880. The van der Waals surface area contributed by atoms with Crippen LogP contribution in [0, 0.1) is 5.82 Å². The molecule has 1 aliphatic heterocycles. The number of ether oxygens (including phenoxy) is 1. The molecule has 2 aromatic carbocycles. The van der Waals surface area contributed by atoms with Gasteiger partial charge in [-0.3, -0.25) is 0 Å². The van der Waals surface area contributed by atoms with Crippen molar-refractivity contribution in [2.75, 3.05) is 45.2 Å². The lowest BCUT2D eigenvalue weighted by Crippen LogP contribution is -2.44. The van der Waals surface area contributed by atoms with E-state index in [1.54, 1.807) is 0 Å².